The van der Waals surface area contributed by atoms with Crippen LogP contribution in [0.4, 0.5) is 0 Å². The lowest BCUT2D eigenvalue weighted by atomic mass is 9.73. The largest absolute Gasteiger partial charge is 0.458 e. The first-order valence-electron chi connectivity index (χ1n) is 7.11. The third-order valence-corrected chi connectivity index (χ3v) is 5.73. The zero-order chi connectivity index (χ0) is 14.0. The molecule has 1 saturated heterocycles. The molecule has 0 aromatic rings. The Hall–Kier alpha value is -0.870. The Kier molecular flexibility index (Phi) is 2.64. The smallest absolute Gasteiger partial charge is 0.334 e. The van der Waals surface area contributed by atoms with Gasteiger partial charge in [0.25, 0.3) is 0 Å². The lowest BCUT2D eigenvalue weighted by molar-refractivity contribution is -0.153. The van der Waals surface area contributed by atoms with Crippen LogP contribution in [0.5, 0.6) is 0 Å². The summed E-state index contributed by atoms with van der Waals surface area (Å²) in [5, 5.41) is 21.6. The van der Waals surface area contributed by atoms with Crippen LogP contribution < -0.4 is 0 Å². The SMILES string of the molecule is C=C1C(=O)O[C@@H]2C[C@H](C)[C@H]3CC[C@](C)(O)[C@]3(O)C[C@H]12. The predicted octanol–water partition coefficient (Wildman–Crippen LogP) is 1.41. The standard InChI is InChI=1S/C15H22O4/c1-8-6-12-10(9(2)13(16)19-12)7-15(18)11(8)4-5-14(15,3)17/h8,10-12,17-18H,2,4-7H2,1,3H3/t8-,10+,11+,12+,14-,15-/m0/s1. The van der Waals surface area contributed by atoms with Crippen molar-refractivity contribution >= 4 is 5.97 Å². The van der Waals surface area contributed by atoms with Crippen molar-refractivity contribution in [2.24, 2.45) is 17.8 Å². The Morgan fingerprint density at radius 1 is 1.42 bits per heavy atom. The van der Waals surface area contributed by atoms with Crippen molar-refractivity contribution in [3.8, 4) is 0 Å². The van der Waals surface area contributed by atoms with Gasteiger partial charge in [-0.1, -0.05) is 13.5 Å². The number of carbonyl (C=O) groups is 1. The van der Waals surface area contributed by atoms with Gasteiger partial charge in [-0.25, -0.2) is 4.79 Å². The molecule has 0 bridgehead atoms. The minimum Gasteiger partial charge on any atom is -0.458 e. The quantitative estimate of drug-likeness (QED) is 0.514. The van der Waals surface area contributed by atoms with Crippen LogP contribution in [0, 0.1) is 17.8 Å². The van der Waals surface area contributed by atoms with Crippen LogP contribution in [-0.4, -0.2) is 33.5 Å². The van der Waals surface area contributed by atoms with Gasteiger partial charge >= 0.3 is 5.97 Å². The van der Waals surface area contributed by atoms with Gasteiger partial charge < -0.3 is 14.9 Å². The first-order valence-corrected chi connectivity index (χ1v) is 7.11. The van der Waals surface area contributed by atoms with E-state index in [1.165, 1.54) is 0 Å². The van der Waals surface area contributed by atoms with Gasteiger partial charge in [-0.15, -0.1) is 0 Å². The summed E-state index contributed by atoms with van der Waals surface area (Å²) >= 11 is 0. The molecule has 106 valence electrons. The van der Waals surface area contributed by atoms with Gasteiger partial charge in [-0.3, -0.25) is 0 Å². The molecule has 3 fully saturated rings. The summed E-state index contributed by atoms with van der Waals surface area (Å²) in [5.41, 5.74) is -1.77. The van der Waals surface area contributed by atoms with Crippen LogP contribution in [0.25, 0.3) is 0 Å². The molecule has 4 heteroatoms. The van der Waals surface area contributed by atoms with Crippen molar-refractivity contribution < 1.29 is 19.7 Å². The molecule has 2 saturated carbocycles. The van der Waals surface area contributed by atoms with Gasteiger partial charge in [0.1, 0.15) is 6.10 Å². The van der Waals surface area contributed by atoms with E-state index in [1.807, 2.05) is 0 Å². The molecule has 0 spiro atoms. The van der Waals surface area contributed by atoms with Gasteiger partial charge in [0, 0.05) is 11.5 Å². The molecule has 2 aliphatic carbocycles. The zero-order valence-corrected chi connectivity index (χ0v) is 11.6. The maximum absolute atomic E-state index is 11.7. The number of hydrogen-bond donors (Lipinski definition) is 2. The number of carbonyl (C=O) groups excluding carboxylic acids is 1. The van der Waals surface area contributed by atoms with Crippen molar-refractivity contribution in [1.29, 1.82) is 0 Å². The summed E-state index contributed by atoms with van der Waals surface area (Å²) in [6.07, 6.45) is 2.38. The van der Waals surface area contributed by atoms with Crippen LogP contribution in [-0.2, 0) is 9.53 Å². The normalized spacial score (nSPS) is 53.5. The van der Waals surface area contributed by atoms with E-state index in [-0.39, 0.29) is 29.8 Å². The molecule has 0 unspecified atom stereocenters. The Bertz CT molecular complexity index is 441. The number of ether oxygens (including phenoxy) is 1. The van der Waals surface area contributed by atoms with Crippen LogP contribution in [0.15, 0.2) is 12.2 Å². The summed E-state index contributed by atoms with van der Waals surface area (Å²) in [6.45, 7) is 7.60. The number of hydrogen-bond acceptors (Lipinski definition) is 4. The molecule has 0 amide bonds. The Morgan fingerprint density at radius 2 is 2.11 bits per heavy atom. The second kappa shape index (κ2) is 3.83. The van der Waals surface area contributed by atoms with E-state index in [4.69, 9.17) is 4.74 Å². The lowest BCUT2D eigenvalue weighted by Crippen LogP contribution is -2.53. The molecule has 0 aromatic carbocycles. The van der Waals surface area contributed by atoms with E-state index < -0.39 is 11.2 Å². The van der Waals surface area contributed by atoms with Crippen molar-refractivity contribution in [3.63, 3.8) is 0 Å². The number of fused-ring (bicyclic) bond motifs is 2. The average Bonchev–Trinajstić information content (AvgIpc) is 2.64. The van der Waals surface area contributed by atoms with E-state index >= 15 is 0 Å². The molecule has 19 heavy (non-hydrogen) atoms. The van der Waals surface area contributed by atoms with Crippen molar-refractivity contribution in [3.05, 3.63) is 12.2 Å². The van der Waals surface area contributed by atoms with Gasteiger partial charge in [0.05, 0.1) is 11.2 Å². The summed E-state index contributed by atoms with van der Waals surface area (Å²) in [5.74, 6) is -0.205. The van der Waals surface area contributed by atoms with Gasteiger partial charge in [0.15, 0.2) is 0 Å². The fourth-order valence-electron chi connectivity index (χ4n) is 4.42. The summed E-state index contributed by atoms with van der Waals surface area (Å²) in [4.78, 5) is 11.7. The van der Waals surface area contributed by atoms with Crippen molar-refractivity contribution in [2.75, 3.05) is 0 Å². The second-order valence-corrected chi connectivity index (χ2v) is 6.84. The third kappa shape index (κ3) is 1.62. The van der Waals surface area contributed by atoms with E-state index in [2.05, 4.69) is 13.5 Å². The highest BCUT2D eigenvalue weighted by Gasteiger charge is 2.62. The third-order valence-electron chi connectivity index (χ3n) is 5.73. The summed E-state index contributed by atoms with van der Waals surface area (Å²) < 4.78 is 5.38. The van der Waals surface area contributed by atoms with E-state index in [9.17, 15) is 15.0 Å². The molecule has 0 radical (unpaired) electrons. The van der Waals surface area contributed by atoms with Crippen LogP contribution in [0.3, 0.4) is 0 Å². The Balaban J connectivity index is 2.00. The first-order chi connectivity index (χ1) is 8.76. The molecular formula is C15H22O4. The Labute approximate surface area is 113 Å². The zero-order valence-electron chi connectivity index (χ0n) is 11.6. The van der Waals surface area contributed by atoms with Crippen LogP contribution in [0.1, 0.15) is 39.5 Å². The van der Waals surface area contributed by atoms with Gasteiger partial charge in [-0.05, 0) is 44.4 Å². The summed E-state index contributed by atoms with van der Waals surface area (Å²) in [7, 11) is 0. The van der Waals surface area contributed by atoms with Gasteiger partial charge in [0.2, 0.25) is 0 Å². The van der Waals surface area contributed by atoms with E-state index in [1.54, 1.807) is 6.92 Å². The maximum atomic E-state index is 11.7. The molecule has 3 aliphatic rings. The van der Waals surface area contributed by atoms with Crippen molar-refractivity contribution in [2.45, 2.75) is 56.8 Å². The fourth-order valence-corrected chi connectivity index (χ4v) is 4.42. The highest BCUT2D eigenvalue weighted by Crippen LogP contribution is 2.55. The average molecular weight is 266 g/mol. The van der Waals surface area contributed by atoms with E-state index in [0.29, 0.717) is 18.4 Å². The van der Waals surface area contributed by atoms with Crippen LogP contribution in [0.2, 0.25) is 0 Å². The summed E-state index contributed by atoms with van der Waals surface area (Å²) in [6, 6.07) is 0. The number of rotatable bonds is 0. The van der Waals surface area contributed by atoms with Crippen molar-refractivity contribution in [1.82, 2.24) is 0 Å². The molecule has 4 nitrogen and oxygen atoms in total. The first kappa shape index (κ1) is 13.1. The number of esters is 1. The molecule has 0 aromatic heterocycles. The molecule has 2 N–H and O–H groups in total. The molecule has 1 aliphatic heterocycles. The maximum Gasteiger partial charge on any atom is 0.334 e. The topological polar surface area (TPSA) is 66.8 Å². The van der Waals surface area contributed by atoms with Gasteiger partial charge in [-0.2, -0.15) is 0 Å². The monoisotopic (exact) mass is 266 g/mol. The molecule has 3 rings (SSSR count). The molecule has 6 atom stereocenters. The minimum absolute atomic E-state index is 0.0691. The highest BCUT2D eigenvalue weighted by molar-refractivity contribution is 5.90. The molecular weight excluding hydrogens is 244 g/mol. The van der Waals surface area contributed by atoms with E-state index in [0.717, 1.165) is 12.8 Å². The van der Waals surface area contributed by atoms with Crippen LogP contribution >= 0.6 is 0 Å². The lowest BCUT2D eigenvalue weighted by Gasteiger charge is -2.41. The Morgan fingerprint density at radius 3 is 2.79 bits per heavy atom. The predicted molar refractivity (Wildman–Crippen MR) is 69.2 cm³/mol. The minimum atomic E-state index is -1.14. The highest BCUT2D eigenvalue weighted by atomic mass is 16.6. The second-order valence-electron chi connectivity index (χ2n) is 6.84. The fraction of sp³-hybridized carbons (Fsp3) is 0.800. The number of aliphatic hydroxyl groups is 2. The molecule has 1 heterocycles.